The Morgan fingerprint density at radius 3 is 2.62 bits per heavy atom. The van der Waals surface area contributed by atoms with Crippen LogP contribution in [0, 0.1) is 0 Å². The van der Waals surface area contributed by atoms with Crippen LogP contribution in [0.5, 0.6) is 0 Å². The predicted molar refractivity (Wildman–Crippen MR) is 24.1 cm³/mol. The van der Waals surface area contributed by atoms with Crippen molar-refractivity contribution in [1.82, 2.24) is 10.3 Å². The van der Waals surface area contributed by atoms with Gasteiger partial charge in [-0.3, -0.25) is 0 Å². The van der Waals surface area contributed by atoms with Crippen molar-refractivity contribution in [3.8, 4) is 0 Å². The van der Waals surface area contributed by atoms with E-state index >= 15 is 0 Å². The van der Waals surface area contributed by atoms with Gasteiger partial charge in [0.2, 0.25) is 0 Å². The monoisotopic (exact) mass is 114 g/mol. The molecule has 0 spiro atoms. The summed E-state index contributed by atoms with van der Waals surface area (Å²) >= 11 is 0. The van der Waals surface area contributed by atoms with Crippen LogP contribution in [0.4, 0.5) is 0 Å². The van der Waals surface area contributed by atoms with Gasteiger partial charge in [0.05, 0.1) is 6.20 Å². The molecule has 42 valence electrons. The van der Waals surface area contributed by atoms with Crippen LogP contribution in [0.1, 0.15) is 0 Å². The molecule has 0 saturated heterocycles. The molecule has 0 radical (unpaired) electrons. The maximum Gasteiger partial charge on any atom is 0.513 e. The zero-order chi connectivity index (χ0) is 5.98. The van der Waals surface area contributed by atoms with E-state index in [1.807, 2.05) is 0 Å². The second-order valence-corrected chi connectivity index (χ2v) is 1.21. The van der Waals surface area contributed by atoms with Crippen molar-refractivity contribution >= 4 is 12.7 Å². The summed E-state index contributed by atoms with van der Waals surface area (Å²) in [6.45, 7) is 0. The first-order valence-electron chi connectivity index (χ1n) is 1.94. The summed E-state index contributed by atoms with van der Waals surface area (Å²) in [5.74, 6) is 0. The maximum absolute atomic E-state index is 8.31. The highest BCUT2D eigenvalue weighted by Gasteiger charge is 2.14. The fourth-order valence-corrected chi connectivity index (χ4v) is 0.286. The summed E-state index contributed by atoms with van der Waals surface area (Å²) < 4.78 is 4.06. The molecule has 0 aliphatic carbocycles. The van der Waals surface area contributed by atoms with E-state index < -0.39 is 7.12 Å². The smallest absolute Gasteiger partial charge is 0.422 e. The Labute approximate surface area is 45.0 Å². The summed E-state index contributed by atoms with van der Waals surface area (Å²) in [6.07, 6.45) is 1.13. The van der Waals surface area contributed by atoms with Crippen LogP contribution in [0.25, 0.3) is 0 Å². The third kappa shape index (κ3) is 0.851. The molecule has 0 unspecified atom stereocenters. The average molecular weight is 114 g/mol. The van der Waals surface area contributed by atoms with Gasteiger partial charge in [0.15, 0.2) is 0 Å². The molecule has 0 atom stereocenters. The van der Waals surface area contributed by atoms with Crippen molar-refractivity contribution in [2.24, 2.45) is 0 Å². The summed E-state index contributed by atoms with van der Waals surface area (Å²) in [6, 6.07) is 0. The zero-order valence-electron chi connectivity index (χ0n) is 3.85. The van der Waals surface area contributed by atoms with Crippen molar-refractivity contribution in [3.63, 3.8) is 0 Å². The average Bonchev–Trinajstić information content (AvgIpc) is 2.12. The molecular weight excluding hydrogens is 111 g/mol. The fourth-order valence-electron chi connectivity index (χ4n) is 0.286. The second kappa shape index (κ2) is 1.93. The van der Waals surface area contributed by atoms with Gasteiger partial charge in [-0.15, -0.1) is 0 Å². The molecule has 0 bridgehead atoms. The molecule has 0 aliphatic rings. The van der Waals surface area contributed by atoms with E-state index in [2.05, 4.69) is 14.9 Å². The topological polar surface area (TPSA) is 79.4 Å². The molecule has 0 saturated carbocycles. The standard InChI is InChI=1S/C2H3BN2O3/c6-3(7)2-1-4-8-5-2/h1,6-7H. The minimum atomic E-state index is -1.58. The quantitative estimate of drug-likeness (QED) is 0.403. The second-order valence-electron chi connectivity index (χ2n) is 1.21. The summed E-state index contributed by atoms with van der Waals surface area (Å²) in [4.78, 5) is 0. The van der Waals surface area contributed by atoms with Crippen LogP contribution in [0.2, 0.25) is 0 Å². The van der Waals surface area contributed by atoms with Crippen LogP contribution >= 0.6 is 0 Å². The molecule has 2 N–H and O–H groups in total. The first-order chi connectivity index (χ1) is 3.80. The number of nitrogens with zero attached hydrogens (tertiary/aromatic N) is 2. The first-order valence-corrected chi connectivity index (χ1v) is 1.94. The summed E-state index contributed by atoms with van der Waals surface area (Å²) in [7, 11) is -1.58. The molecule has 1 rings (SSSR count). The van der Waals surface area contributed by atoms with Crippen LogP contribution < -0.4 is 5.59 Å². The predicted octanol–water partition coefficient (Wildman–Crippen LogP) is -2.25. The van der Waals surface area contributed by atoms with Crippen molar-refractivity contribution in [2.45, 2.75) is 0 Å². The fraction of sp³-hybridized carbons (Fsp3) is 0. The Hall–Kier alpha value is -0.875. The first kappa shape index (κ1) is 5.27. The van der Waals surface area contributed by atoms with Gasteiger partial charge < -0.3 is 10.0 Å². The van der Waals surface area contributed by atoms with E-state index in [1.165, 1.54) is 0 Å². The molecule has 0 aromatic carbocycles. The van der Waals surface area contributed by atoms with Gasteiger partial charge in [-0.1, -0.05) is 10.3 Å². The Morgan fingerprint density at radius 1 is 1.62 bits per heavy atom. The van der Waals surface area contributed by atoms with Gasteiger partial charge >= 0.3 is 7.12 Å². The van der Waals surface area contributed by atoms with E-state index in [0.717, 1.165) is 6.20 Å². The van der Waals surface area contributed by atoms with Gasteiger partial charge in [-0.25, -0.2) is 4.63 Å². The largest absolute Gasteiger partial charge is 0.513 e. The van der Waals surface area contributed by atoms with Gasteiger partial charge in [-0.05, 0) is 0 Å². The lowest BCUT2D eigenvalue weighted by Crippen LogP contribution is -2.30. The number of aromatic nitrogens is 2. The molecule has 1 heterocycles. The van der Waals surface area contributed by atoms with Gasteiger partial charge in [0.25, 0.3) is 0 Å². The Kier molecular flexibility index (Phi) is 1.27. The lowest BCUT2D eigenvalue weighted by Gasteiger charge is -1.82. The van der Waals surface area contributed by atoms with E-state index in [9.17, 15) is 0 Å². The highest BCUT2D eigenvalue weighted by Crippen LogP contribution is 1.69. The maximum atomic E-state index is 8.31. The minimum Gasteiger partial charge on any atom is -0.422 e. The number of hydrogen-bond donors (Lipinski definition) is 2. The molecule has 1 aromatic heterocycles. The third-order valence-electron chi connectivity index (χ3n) is 0.643. The van der Waals surface area contributed by atoms with Crippen molar-refractivity contribution in [3.05, 3.63) is 6.20 Å². The van der Waals surface area contributed by atoms with Crippen molar-refractivity contribution < 1.29 is 14.7 Å². The van der Waals surface area contributed by atoms with Crippen molar-refractivity contribution in [2.75, 3.05) is 0 Å². The minimum absolute atomic E-state index is 0.0185. The van der Waals surface area contributed by atoms with Crippen LogP contribution in [-0.4, -0.2) is 27.5 Å². The van der Waals surface area contributed by atoms with E-state index in [-0.39, 0.29) is 5.59 Å². The SMILES string of the molecule is OB(O)c1cnon1. The third-order valence-corrected chi connectivity index (χ3v) is 0.643. The van der Waals surface area contributed by atoms with Crippen molar-refractivity contribution in [1.29, 1.82) is 0 Å². The van der Waals surface area contributed by atoms with E-state index in [1.54, 1.807) is 0 Å². The molecule has 0 fully saturated rings. The van der Waals surface area contributed by atoms with E-state index in [4.69, 9.17) is 10.0 Å². The number of hydrogen-bond acceptors (Lipinski definition) is 5. The molecule has 0 aliphatic heterocycles. The molecule has 5 nitrogen and oxygen atoms in total. The lowest BCUT2D eigenvalue weighted by atomic mass is 9.87. The summed E-state index contributed by atoms with van der Waals surface area (Å²) in [5.41, 5.74) is 0.0185. The van der Waals surface area contributed by atoms with Gasteiger partial charge in [0, 0.05) is 0 Å². The number of rotatable bonds is 1. The Bertz CT molecular complexity index is 150. The highest BCUT2D eigenvalue weighted by atomic mass is 16.6. The van der Waals surface area contributed by atoms with Gasteiger partial charge in [-0.2, -0.15) is 0 Å². The highest BCUT2D eigenvalue weighted by molar-refractivity contribution is 6.57. The normalized spacial score (nSPS) is 9.25. The van der Waals surface area contributed by atoms with Crippen LogP contribution in [0.3, 0.4) is 0 Å². The molecule has 8 heavy (non-hydrogen) atoms. The molecule has 1 aromatic rings. The summed E-state index contributed by atoms with van der Waals surface area (Å²) in [5, 5.41) is 22.9. The lowest BCUT2D eigenvalue weighted by molar-refractivity contribution is 0.307. The molecule has 0 amide bonds. The Balaban J connectivity index is 2.77. The van der Waals surface area contributed by atoms with Gasteiger partial charge in [0.1, 0.15) is 5.59 Å². The molecule has 6 heteroatoms. The van der Waals surface area contributed by atoms with E-state index in [0.29, 0.717) is 0 Å². The van der Waals surface area contributed by atoms with Crippen LogP contribution in [-0.2, 0) is 0 Å². The Morgan fingerprint density at radius 2 is 2.38 bits per heavy atom. The zero-order valence-corrected chi connectivity index (χ0v) is 3.85. The molecular formula is C2H3BN2O3. The van der Waals surface area contributed by atoms with Crippen LogP contribution in [0.15, 0.2) is 10.8 Å².